The Balaban J connectivity index is 1.91. The van der Waals surface area contributed by atoms with Crippen molar-refractivity contribution in [1.29, 1.82) is 0 Å². The molecular weight excluding hydrogens is 275 g/mol. The largest absolute Gasteiger partial charge is 0.456 e. The molecular formula is C18H21BO3. The Morgan fingerprint density at radius 1 is 0.955 bits per heavy atom. The Hall–Kier alpha value is -1.78. The van der Waals surface area contributed by atoms with Crippen molar-refractivity contribution in [1.82, 2.24) is 0 Å². The molecule has 0 atom stereocenters. The average Bonchev–Trinajstić information content (AvgIpc) is 2.82. The fraction of sp³-hybridized carbons (Fsp3) is 0.333. The molecule has 3 aromatic rings. The highest BCUT2D eigenvalue weighted by atomic mass is 16.5. The molecule has 1 aromatic heterocycles. The third-order valence-electron chi connectivity index (χ3n) is 4.51. The summed E-state index contributed by atoms with van der Waals surface area (Å²) in [6.45, 7) is 7.33. The van der Waals surface area contributed by atoms with Gasteiger partial charge in [0.1, 0.15) is 11.2 Å². The van der Waals surface area contributed by atoms with Crippen LogP contribution in [0.1, 0.15) is 27.7 Å². The van der Waals surface area contributed by atoms with Gasteiger partial charge >= 0.3 is 7.48 Å². The van der Waals surface area contributed by atoms with Crippen LogP contribution in [0, 0.1) is 0 Å². The molecule has 1 N–H and O–H groups in total. The van der Waals surface area contributed by atoms with Crippen LogP contribution in [0.2, 0.25) is 0 Å². The average molecular weight is 296 g/mol. The number of fused-ring (bicyclic) bond motifs is 3. The van der Waals surface area contributed by atoms with Crippen LogP contribution in [0.25, 0.3) is 21.9 Å². The Bertz CT molecular complexity index is 812. The molecule has 0 fully saturated rings. The van der Waals surface area contributed by atoms with Crippen molar-refractivity contribution in [2.45, 2.75) is 38.9 Å². The van der Waals surface area contributed by atoms with Crippen molar-refractivity contribution in [3.8, 4) is 0 Å². The predicted octanol–water partition coefficient (Wildman–Crippen LogP) is 3.13. The van der Waals surface area contributed by atoms with E-state index in [9.17, 15) is 5.11 Å². The third kappa shape index (κ3) is 2.64. The summed E-state index contributed by atoms with van der Waals surface area (Å²) in [5.41, 5.74) is 1.32. The second-order valence-electron chi connectivity index (χ2n) is 6.79. The number of para-hydroxylation sites is 1. The van der Waals surface area contributed by atoms with Gasteiger partial charge in [0.25, 0.3) is 0 Å². The van der Waals surface area contributed by atoms with Gasteiger partial charge in [0.15, 0.2) is 0 Å². The normalized spacial score (nSPS) is 13.0. The number of hydrogen-bond acceptors (Lipinski definition) is 3. The van der Waals surface area contributed by atoms with Crippen molar-refractivity contribution in [2.75, 3.05) is 0 Å². The standard InChI is InChI=1S/C18H21BO3/c1-17(2,20)18(3,4)22-19-12-9-10-16-14(11-12)13-7-5-6-8-15(13)21-16/h5-11,19-20H,1-4H3. The first-order valence-corrected chi connectivity index (χ1v) is 7.54. The van der Waals surface area contributed by atoms with Gasteiger partial charge in [0.05, 0.1) is 11.2 Å². The summed E-state index contributed by atoms with van der Waals surface area (Å²) in [5.74, 6) is 0. The van der Waals surface area contributed by atoms with Crippen LogP contribution < -0.4 is 5.46 Å². The maximum Gasteiger partial charge on any atom is 0.309 e. The Kier molecular flexibility index (Phi) is 3.54. The zero-order chi connectivity index (χ0) is 16.0. The number of benzene rings is 2. The van der Waals surface area contributed by atoms with Crippen LogP contribution in [0.5, 0.6) is 0 Å². The topological polar surface area (TPSA) is 42.6 Å². The van der Waals surface area contributed by atoms with E-state index in [0.29, 0.717) is 7.48 Å². The van der Waals surface area contributed by atoms with Crippen molar-refractivity contribution in [2.24, 2.45) is 0 Å². The smallest absolute Gasteiger partial charge is 0.309 e. The van der Waals surface area contributed by atoms with Crippen molar-refractivity contribution in [3.63, 3.8) is 0 Å². The van der Waals surface area contributed by atoms with Gasteiger partial charge in [-0.2, -0.15) is 0 Å². The van der Waals surface area contributed by atoms with Gasteiger partial charge in [0.2, 0.25) is 0 Å². The van der Waals surface area contributed by atoms with Gasteiger partial charge in [-0.3, -0.25) is 0 Å². The summed E-state index contributed by atoms with van der Waals surface area (Å²) >= 11 is 0. The highest BCUT2D eigenvalue weighted by Gasteiger charge is 2.35. The van der Waals surface area contributed by atoms with Crippen LogP contribution in [0.4, 0.5) is 0 Å². The zero-order valence-corrected chi connectivity index (χ0v) is 13.5. The first kappa shape index (κ1) is 15.1. The molecule has 0 aliphatic rings. The molecule has 0 saturated heterocycles. The number of aliphatic hydroxyl groups is 1. The molecule has 114 valence electrons. The van der Waals surface area contributed by atoms with E-state index in [1.165, 1.54) is 0 Å². The van der Waals surface area contributed by atoms with E-state index in [1.54, 1.807) is 13.8 Å². The lowest BCUT2D eigenvalue weighted by Gasteiger charge is -2.37. The summed E-state index contributed by atoms with van der Waals surface area (Å²) in [5, 5.41) is 12.4. The molecule has 22 heavy (non-hydrogen) atoms. The number of rotatable bonds is 4. The fourth-order valence-corrected chi connectivity index (χ4v) is 2.30. The fourth-order valence-electron chi connectivity index (χ4n) is 2.30. The maximum absolute atomic E-state index is 10.2. The zero-order valence-electron chi connectivity index (χ0n) is 13.5. The molecule has 0 unspecified atom stereocenters. The molecule has 0 aliphatic carbocycles. The SMILES string of the molecule is CC(C)(O)C(C)(C)OBc1ccc2oc3ccccc3c2c1. The molecule has 0 radical (unpaired) electrons. The molecule has 1 heterocycles. The van der Waals surface area contributed by atoms with Gasteiger partial charge in [-0.05, 0) is 39.8 Å². The Labute approximate surface area is 131 Å². The van der Waals surface area contributed by atoms with Crippen molar-refractivity contribution >= 4 is 34.9 Å². The molecule has 0 saturated carbocycles. The summed E-state index contributed by atoms with van der Waals surface area (Å²) in [6.07, 6.45) is 0. The maximum atomic E-state index is 10.2. The highest BCUT2D eigenvalue weighted by molar-refractivity contribution is 6.47. The second-order valence-corrected chi connectivity index (χ2v) is 6.79. The van der Waals surface area contributed by atoms with Crippen LogP contribution in [0.15, 0.2) is 46.9 Å². The van der Waals surface area contributed by atoms with Gasteiger partial charge in [-0.25, -0.2) is 0 Å². The van der Waals surface area contributed by atoms with Crippen LogP contribution >= 0.6 is 0 Å². The lowest BCUT2D eigenvalue weighted by atomic mass is 9.82. The first-order chi connectivity index (χ1) is 10.3. The van der Waals surface area contributed by atoms with E-state index in [0.717, 1.165) is 27.4 Å². The molecule has 0 aliphatic heterocycles. The van der Waals surface area contributed by atoms with E-state index in [4.69, 9.17) is 9.07 Å². The van der Waals surface area contributed by atoms with Crippen molar-refractivity contribution in [3.05, 3.63) is 42.5 Å². The lowest BCUT2D eigenvalue weighted by molar-refractivity contribution is -0.0893. The quantitative estimate of drug-likeness (QED) is 0.752. The van der Waals surface area contributed by atoms with E-state index < -0.39 is 11.2 Å². The lowest BCUT2D eigenvalue weighted by Crippen LogP contribution is -2.49. The molecule has 0 spiro atoms. The van der Waals surface area contributed by atoms with E-state index in [2.05, 4.69) is 12.1 Å². The van der Waals surface area contributed by atoms with Crippen LogP contribution in [-0.4, -0.2) is 23.8 Å². The molecule has 3 nitrogen and oxygen atoms in total. The van der Waals surface area contributed by atoms with E-state index in [1.807, 2.05) is 44.2 Å². The third-order valence-corrected chi connectivity index (χ3v) is 4.51. The predicted molar refractivity (Wildman–Crippen MR) is 92.0 cm³/mol. The van der Waals surface area contributed by atoms with Gasteiger partial charge in [-0.1, -0.05) is 35.8 Å². The molecule has 3 rings (SSSR count). The number of furan rings is 1. The Morgan fingerprint density at radius 3 is 2.36 bits per heavy atom. The minimum absolute atomic E-state index is 0.451. The summed E-state index contributed by atoms with van der Waals surface area (Å²) in [7, 11) is 0.451. The second kappa shape index (κ2) is 5.15. The summed E-state index contributed by atoms with van der Waals surface area (Å²) < 4.78 is 11.8. The van der Waals surface area contributed by atoms with Gasteiger partial charge < -0.3 is 14.2 Å². The molecule has 2 aromatic carbocycles. The van der Waals surface area contributed by atoms with Crippen LogP contribution in [-0.2, 0) is 4.65 Å². The Morgan fingerprint density at radius 2 is 1.64 bits per heavy atom. The summed E-state index contributed by atoms with van der Waals surface area (Å²) in [6, 6.07) is 14.1. The van der Waals surface area contributed by atoms with Gasteiger partial charge in [-0.15, -0.1) is 0 Å². The van der Waals surface area contributed by atoms with E-state index in [-0.39, 0.29) is 0 Å². The molecule has 4 heteroatoms. The minimum atomic E-state index is -0.903. The first-order valence-electron chi connectivity index (χ1n) is 7.54. The number of hydrogen-bond donors (Lipinski definition) is 1. The monoisotopic (exact) mass is 296 g/mol. The van der Waals surface area contributed by atoms with Gasteiger partial charge in [0, 0.05) is 10.8 Å². The highest BCUT2D eigenvalue weighted by Crippen LogP contribution is 2.28. The minimum Gasteiger partial charge on any atom is -0.456 e. The summed E-state index contributed by atoms with van der Waals surface area (Å²) in [4.78, 5) is 0. The molecule has 0 amide bonds. The molecule has 0 bridgehead atoms. The van der Waals surface area contributed by atoms with E-state index >= 15 is 0 Å². The van der Waals surface area contributed by atoms with Crippen LogP contribution in [0.3, 0.4) is 0 Å². The van der Waals surface area contributed by atoms with Crippen molar-refractivity contribution < 1.29 is 14.2 Å².